The highest BCUT2D eigenvalue weighted by molar-refractivity contribution is 5.67. The first-order chi connectivity index (χ1) is 8.40. The van der Waals surface area contributed by atoms with Crippen molar-refractivity contribution < 1.29 is 9.53 Å². The van der Waals surface area contributed by atoms with Crippen molar-refractivity contribution in [3.8, 4) is 0 Å². The molecule has 0 fully saturated rings. The standard InChI is InChI=1S/C13H21N3O2/c1-13(2,3)18-12(17)15-8-7-10-5-4-6-11(9-14)16-10/h4-6H,7-9,14H2,1-3H3,(H,15,17). The van der Waals surface area contributed by atoms with Crippen LogP contribution >= 0.6 is 0 Å². The summed E-state index contributed by atoms with van der Waals surface area (Å²) in [6.45, 7) is 6.42. The van der Waals surface area contributed by atoms with Gasteiger partial charge in [0.25, 0.3) is 0 Å². The molecule has 0 radical (unpaired) electrons. The van der Waals surface area contributed by atoms with Gasteiger partial charge in [0.15, 0.2) is 0 Å². The van der Waals surface area contributed by atoms with E-state index in [2.05, 4.69) is 10.3 Å². The fourth-order valence-corrected chi connectivity index (χ4v) is 1.39. The monoisotopic (exact) mass is 251 g/mol. The van der Waals surface area contributed by atoms with Crippen LogP contribution in [0.2, 0.25) is 0 Å². The molecular formula is C13H21N3O2. The maximum absolute atomic E-state index is 11.4. The fraction of sp³-hybridized carbons (Fsp3) is 0.538. The maximum Gasteiger partial charge on any atom is 0.407 e. The summed E-state index contributed by atoms with van der Waals surface area (Å²) in [6, 6.07) is 5.71. The molecule has 0 spiro atoms. The van der Waals surface area contributed by atoms with Gasteiger partial charge in [0, 0.05) is 25.2 Å². The Kier molecular flexibility index (Phi) is 5.09. The summed E-state index contributed by atoms with van der Waals surface area (Å²) in [5.41, 5.74) is 6.81. The zero-order valence-electron chi connectivity index (χ0n) is 11.2. The second-order valence-electron chi connectivity index (χ2n) is 5.00. The minimum Gasteiger partial charge on any atom is -0.444 e. The Balaban J connectivity index is 2.35. The number of pyridine rings is 1. The molecule has 0 aromatic carbocycles. The Hall–Kier alpha value is -1.62. The molecule has 100 valence electrons. The van der Waals surface area contributed by atoms with Crippen molar-refractivity contribution in [1.82, 2.24) is 10.3 Å². The molecule has 0 saturated heterocycles. The number of ether oxygens (including phenoxy) is 1. The molecule has 0 saturated carbocycles. The molecule has 0 aliphatic rings. The van der Waals surface area contributed by atoms with E-state index in [-0.39, 0.29) is 0 Å². The lowest BCUT2D eigenvalue weighted by molar-refractivity contribution is 0.0528. The number of alkyl carbamates (subject to hydrolysis) is 1. The summed E-state index contributed by atoms with van der Waals surface area (Å²) >= 11 is 0. The molecule has 18 heavy (non-hydrogen) atoms. The second-order valence-corrected chi connectivity index (χ2v) is 5.00. The average Bonchev–Trinajstić information content (AvgIpc) is 2.27. The molecule has 1 heterocycles. The predicted octanol–water partition coefficient (Wildman–Crippen LogP) is 1.61. The predicted molar refractivity (Wildman–Crippen MR) is 70.1 cm³/mol. The summed E-state index contributed by atoms with van der Waals surface area (Å²) in [6.07, 6.45) is 0.255. The van der Waals surface area contributed by atoms with Crippen LogP contribution in [0.25, 0.3) is 0 Å². The van der Waals surface area contributed by atoms with Crippen molar-refractivity contribution in [3.63, 3.8) is 0 Å². The Bertz CT molecular complexity index is 399. The summed E-state index contributed by atoms with van der Waals surface area (Å²) < 4.78 is 5.13. The number of nitrogens with zero attached hydrogens (tertiary/aromatic N) is 1. The van der Waals surface area contributed by atoms with E-state index in [1.165, 1.54) is 0 Å². The third kappa shape index (κ3) is 5.63. The van der Waals surface area contributed by atoms with E-state index in [0.717, 1.165) is 11.4 Å². The van der Waals surface area contributed by atoms with E-state index in [1.54, 1.807) is 0 Å². The number of nitrogens with one attached hydrogen (secondary N) is 1. The SMILES string of the molecule is CC(C)(C)OC(=O)NCCc1cccc(CN)n1. The molecule has 0 bridgehead atoms. The van der Waals surface area contributed by atoms with Crippen LogP contribution in [-0.2, 0) is 17.7 Å². The highest BCUT2D eigenvalue weighted by Crippen LogP contribution is 2.06. The molecule has 0 aliphatic heterocycles. The van der Waals surface area contributed by atoms with E-state index >= 15 is 0 Å². The zero-order chi connectivity index (χ0) is 13.6. The number of carbonyl (C=O) groups excluding carboxylic acids is 1. The normalized spacial score (nSPS) is 11.1. The van der Waals surface area contributed by atoms with Crippen molar-refractivity contribution in [2.45, 2.75) is 39.3 Å². The van der Waals surface area contributed by atoms with Crippen LogP contribution < -0.4 is 11.1 Å². The van der Waals surface area contributed by atoms with E-state index in [0.29, 0.717) is 19.5 Å². The Morgan fingerprint density at radius 3 is 2.67 bits per heavy atom. The van der Waals surface area contributed by atoms with Gasteiger partial charge in [-0.2, -0.15) is 0 Å². The first-order valence-corrected chi connectivity index (χ1v) is 6.02. The number of aromatic nitrogens is 1. The van der Waals surface area contributed by atoms with E-state index in [4.69, 9.17) is 10.5 Å². The number of hydrogen-bond acceptors (Lipinski definition) is 4. The molecule has 0 unspecified atom stereocenters. The number of amides is 1. The molecule has 0 atom stereocenters. The van der Waals surface area contributed by atoms with Crippen molar-refractivity contribution in [3.05, 3.63) is 29.6 Å². The van der Waals surface area contributed by atoms with E-state index in [9.17, 15) is 4.79 Å². The second kappa shape index (κ2) is 6.35. The van der Waals surface area contributed by atoms with Crippen molar-refractivity contribution in [2.75, 3.05) is 6.54 Å². The van der Waals surface area contributed by atoms with Crippen LogP contribution in [0.1, 0.15) is 32.2 Å². The lowest BCUT2D eigenvalue weighted by Crippen LogP contribution is -2.33. The van der Waals surface area contributed by atoms with Crippen molar-refractivity contribution >= 4 is 6.09 Å². The maximum atomic E-state index is 11.4. The van der Waals surface area contributed by atoms with Crippen molar-refractivity contribution in [1.29, 1.82) is 0 Å². The van der Waals surface area contributed by atoms with Gasteiger partial charge in [0.1, 0.15) is 5.60 Å². The Morgan fingerprint density at radius 2 is 2.06 bits per heavy atom. The van der Waals surface area contributed by atoms with Gasteiger partial charge >= 0.3 is 6.09 Å². The van der Waals surface area contributed by atoms with Crippen LogP contribution in [-0.4, -0.2) is 23.2 Å². The molecule has 1 rings (SSSR count). The lowest BCUT2D eigenvalue weighted by atomic mass is 10.2. The minimum atomic E-state index is -0.470. The largest absolute Gasteiger partial charge is 0.444 e. The van der Waals surface area contributed by atoms with Crippen LogP contribution in [0.4, 0.5) is 4.79 Å². The van der Waals surface area contributed by atoms with Gasteiger partial charge in [-0.1, -0.05) is 6.07 Å². The number of rotatable bonds is 4. The Morgan fingerprint density at radius 1 is 1.39 bits per heavy atom. The van der Waals surface area contributed by atoms with Crippen LogP contribution in [0.15, 0.2) is 18.2 Å². The first kappa shape index (κ1) is 14.4. The molecule has 1 aromatic heterocycles. The fourth-order valence-electron chi connectivity index (χ4n) is 1.39. The molecule has 1 aromatic rings. The summed E-state index contributed by atoms with van der Waals surface area (Å²) in [4.78, 5) is 15.7. The van der Waals surface area contributed by atoms with Crippen LogP contribution in [0.5, 0.6) is 0 Å². The van der Waals surface area contributed by atoms with E-state index < -0.39 is 11.7 Å². The Labute approximate surface area is 108 Å². The third-order valence-electron chi connectivity index (χ3n) is 2.12. The zero-order valence-corrected chi connectivity index (χ0v) is 11.2. The first-order valence-electron chi connectivity index (χ1n) is 6.02. The van der Waals surface area contributed by atoms with Crippen LogP contribution in [0.3, 0.4) is 0 Å². The quantitative estimate of drug-likeness (QED) is 0.852. The smallest absolute Gasteiger partial charge is 0.407 e. The molecular weight excluding hydrogens is 230 g/mol. The lowest BCUT2D eigenvalue weighted by Gasteiger charge is -2.19. The van der Waals surface area contributed by atoms with Gasteiger partial charge in [-0.05, 0) is 32.9 Å². The molecule has 3 N–H and O–H groups in total. The van der Waals surface area contributed by atoms with Crippen molar-refractivity contribution in [2.24, 2.45) is 5.73 Å². The van der Waals surface area contributed by atoms with Crippen LogP contribution in [0, 0.1) is 0 Å². The minimum absolute atomic E-state index is 0.405. The van der Waals surface area contributed by atoms with Gasteiger partial charge in [0.05, 0.1) is 5.69 Å². The average molecular weight is 251 g/mol. The molecule has 5 nitrogen and oxygen atoms in total. The van der Waals surface area contributed by atoms with Gasteiger partial charge < -0.3 is 15.8 Å². The summed E-state index contributed by atoms with van der Waals surface area (Å²) in [5.74, 6) is 0. The van der Waals surface area contributed by atoms with E-state index in [1.807, 2.05) is 39.0 Å². The van der Waals surface area contributed by atoms with Gasteiger partial charge in [-0.15, -0.1) is 0 Å². The summed E-state index contributed by atoms with van der Waals surface area (Å²) in [7, 11) is 0. The number of nitrogens with two attached hydrogens (primary N) is 1. The molecule has 5 heteroatoms. The molecule has 1 amide bonds. The van der Waals surface area contributed by atoms with Gasteiger partial charge in [-0.25, -0.2) is 4.79 Å². The topological polar surface area (TPSA) is 77.2 Å². The molecule has 0 aliphatic carbocycles. The van der Waals surface area contributed by atoms with Gasteiger partial charge in [0.2, 0.25) is 0 Å². The summed E-state index contributed by atoms with van der Waals surface area (Å²) in [5, 5.41) is 2.69. The van der Waals surface area contributed by atoms with Gasteiger partial charge in [-0.3, -0.25) is 4.98 Å². The number of hydrogen-bond donors (Lipinski definition) is 2. The highest BCUT2D eigenvalue weighted by Gasteiger charge is 2.15. The highest BCUT2D eigenvalue weighted by atomic mass is 16.6. The number of carbonyl (C=O) groups is 1. The third-order valence-corrected chi connectivity index (χ3v) is 2.12.